The fourth-order valence-corrected chi connectivity index (χ4v) is 5.17. The van der Waals surface area contributed by atoms with Crippen LogP contribution in [0.1, 0.15) is 60.8 Å². The van der Waals surface area contributed by atoms with Gasteiger partial charge in [0.25, 0.3) is 0 Å². The van der Waals surface area contributed by atoms with Gasteiger partial charge in [0.05, 0.1) is 17.3 Å². The van der Waals surface area contributed by atoms with Gasteiger partial charge in [-0.15, -0.1) is 0 Å². The molecule has 0 spiro atoms. The van der Waals surface area contributed by atoms with Gasteiger partial charge in [0.2, 0.25) is 8.32 Å². The van der Waals surface area contributed by atoms with Crippen LogP contribution in [0.4, 0.5) is 0 Å². The second-order valence-electron chi connectivity index (χ2n) is 8.09. The summed E-state index contributed by atoms with van der Waals surface area (Å²) in [5.74, 6) is 0. The van der Waals surface area contributed by atoms with E-state index in [0.29, 0.717) is 6.42 Å². The van der Waals surface area contributed by atoms with Crippen LogP contribution in [-0.2, 0) is 13.7 Å². The Kier molecular flexibility index (Phi) is 6.68. The molecule has 0 unspecified atom stereocenters. The van der Waals surface area contributed by atoms with Crippen LogP contribution in [0.5, 0.6) is 0 Å². The Morgan fingerprint density at radius 3 is 2.17 bits per heavy atom. The molecule has 1 fully saturated rings. The van der Waals surface area contributed by atoms with Gasteiger partial charge < -0.3 is 13.7 Å². The zero-order chi connectivity index (χ0) is 17.9. The average Bonchev–Trinajstić information content (AvgIpc) is 2.55. The van der Waals surface area contributed by atoms with Gasteiger partial charge in [-0.1, -0.05) is 5.70 Å². The molecule has 0 atom stereocenters. The Labute approximate surface area is 143 Å². The van der Waals surface area contributed by atoms with Gasteiger partial charge in [0.15, 0.2) is 0 Å². The van der Waals surface area contributed by atoms with Crippen molar-refractivity contribution in [3.63, 3.8) is 0 Å². The Bertz CT molecular complexity index is 465. The van der Waals surface area contributed by atoms with Crippen molar-refractivity contribution in [1.29, 1.82) is 5.26 Å². The van der Waals surface area contributed by atoms with Crippen molar-refractivity contribution >= 4 is 15.4 Å². The largest absolute Gasteiger partial charge is 0.489 e. The van der Waals surface area contributed by atoms with E-state index in [1.165, 1.54) is 0 Å². The summed E-state index contributed by atoms with van der Waals surface area (Å²) in [4.78, 5) is 0. The van der Waals surface area contributed by atoms with Gasteiger partial charge >= 0.3 is 7.12 Å². The van der Waals surface area contributed by atoms with Crippen LogP contribution in [0.25, 0.3) is 0 Å². The highest BCUT2D eigenvalue weighted by molar-refractivity contribution is 6.78. The van der Waals surface area contributed by atoms with E-state index in [0.717, 1.165) is 18.3 Å². The van der Waals surface area contributed by atoms with Gasteiger partial charge in [0.1, 0.15) is 0 Å². The van der Waals surface area contributed by atoms with E-state index in [4.69, 9.17) is 19.0 Å². The first-order chi connectivity index (χ1) is 10.4. The smallest absolute Gasteiger partial charge is 0.411 e. The van der Waals surface area contributed by atoms with Crippen LogP contribution < -0.4 is 0 Å². The summed E-state index contributed by atoms with van der Waals surface area (Å²) in [5, 5.41) is 8.81. The average molecular weight is 337 g/mol. The van der Waals surface area contributed by atoms with E-state index in [2.05, 4.69) is 66.4 Å². The van der Waals surface area contributed by atoms with Gasteiger partial charge in [0, 0.05) is 12.5 Å². The minimum Gasteiger partial charge on any atom is -0.411 e. The normalized spacial score (nSPS) is 20.9. The highest BCUT2D eigenvalue weighted by atomic mass is 28.4. The predicted molar refractivity (Wildman–Crippen MR) is 97.3 cm³/mol. The number of nitrogens with zero attached hydrogens (tertiary/aromatic N) is 1. The highest BCUT2D eigenvalue weighted by Crippen LogP contribution is 2.39. The number of nitriles is 1. The predicted octanol–water partition coefficient (Wildman–Crippen LogP) is 4.41. The lowest BCUT2D eigenvalue weighted by atomic mass is 9.76. The molecule has 1 aliphatic rings. The molecule has 0 N–H and O–H groups in total. The standard InChI is InChI=1S/C17H32BNO3Si/c1-14(2)20-23(7,8)13-15(11-9-10-12-19)18-21-16(3,4)17(5,6)22-18/h13-14H,9-11H2,1-8H3/b15-13-. The van der Waals surface area contributed by atoms with Crippen LogP contribution in [0.2, 0.25) is 13.1 Å². The minimum atomic E-state index is -1.95. The summed E-state index contributed by atoms with van der Waals surface area (Å²) < 4.78 is 18.5. The Morgan fingerprint density at radius 2 is 1.74 bits per heavy atom. The first kappa shape index (κ1) is 20.4. The van der Waals surface area contributed by atoms with E-state index in [1.807, 2.05) is 0 Å². The zero-order valence-electron chi connectivity index (χ0n) is 16.0. The zero-order valence-corrected chi connectivity index (χ0v) is 17.0. The number of rotatable bonds is 7. The summed E-state index contributed by atoms with van der Waals surface area (Å²) in [6.07, 6.45) is 2.37. The van der Waals surface area contributed by atoms with Crippen molar-refractivity contribution in [3.8, 4) is 6.07 Å². The van der Waals surface area contributed by atoms with Gasteiger partial charge in [-0.2, -0.15) is 5.26 Å². The summed E-state index contributed by atoms with van der Waals surface area (Å²) in [7, 11) is -2.30. The van der Waals surface area contributed by atoms with Crippen molar-refractivity contribution in [3.05, 3.63) is 11.2 Å². The molecule has 0 aromatic rings. The Morgan fingerprint density at radius 1 is 1.22 bits per heavy atom. The van der Waals surface area contributed by atoms with Crippen molar-refractivity contribution in [2.45, 2.75) is 91.2 Å². The van der Waals surface area contributed by atoms with Gasteiger partial charge in [-0.05, 0) is 73.0 Å². The molecular weight excluding hydrogens is 305 g/mol. The number of allylic oxidation sites excluding steroid dienone is 1. The molecule has 0 amide bonds. The second kappa shape index (κ2) is 7.52. The summed E-state index contributed by atoms with van der Waals surface area (Å²) in [6, 6.07) is 2.21. The van der Waals surface area contributed by atoms with Crippen LogP contribution in [0.3, 0.4) is 0 Å². The van der Waals surface area contributed by atoms with E-state index in [1.54, 1.807) is 0 Å². The lowest BCUT2D eigenvalue weighted by Crippen LogP contribution is -2.41. The van der Waals surface area contributed by atoms with Gasteiger partial charge in [-0.25, -0.2) is 0 Å². The monoisotopic (exact) mass is 337 g/mol. The van der Waals surface area contributed by atoms with Crippen molar-refractivity contribution in [1.82, 2.24) is 0 Å². The number of hydrogen-bond acceptors (Lipinski definition) is 4. The fourth-order valence-electron chi connectivity index (χ4n) is 2.71. The summed E-state index contributed by atoms with van der Waals surface area (Å²) >= 11 is 0. The molecule has 23 heavy (non-hydrogen) atoms. The van der Waals surface area contributed by atoms with E-state index in [9.17, 15) is 0 Å². The van der Waals surface area contributed by atoms with Crippen LogP contribution in [0.15, 0.2) is 11.2 Å². The molecule has 1 rings (SSSR count). The Balaban J connectivity index is 3.00. The fraction of sp³-hybridized carbons (Fsp3) is 0.824. The third-order valence-corrected chi connectivity index (χ3v) is 6.53. The molecule has 0 radical (unpaired) electrons. The first-order valence-corrected chi connectivity index (χ1v) is 11.5. The molecule has 130 valence electrons. The van der Waals surface area contributed by atoms with Crippen LogP contribution >= 0.6 is 0 Å². The SMILES string of the molecule is CC(C)O[Si](C)(C)/C=C(/CCCC#N)B1OC(C)(C)C(C)(C)O1. The molecule has 6 heteroatoms. The highest BCUT2D eigenvalue weighted by Gasteiger charge is 2.52. The molecule has 1 aliphatic heterocycles. The topological polar surface area (TPSA) is 51.5 Å². The minimum absolute atomic E-state index is 0.201. The van der Waals surface area contributed by atoms with Crippen molar-refractivity contribution < 1.29 is 13.7 Å². The van der Waals surface area contributed by atoms with E-state index < -0.39 is 8.32 Å². The Hall–Kier alpha value is -0.608. The molecule has 0 aliphatic carbocycles. The molecule has 0 bridgehead atoms. The van der Waals surface area contributed by atoms with Crippen molar-refractivity contribution in [2.24, 2.45) is 0 Å². The summed E-state index contributed by atoms with van der Waals surface area (Å²) in [5.41, 5.74) is 2.66. The molecule has 1 heterocycles. The maximum Gasteiger partial charge on any atom is 0.489 e. The molecule has 0 aromatic heterocycles. The molecule has 0 aromatic carbocycles. The van der Waals surface area contributed by atoms with Crippen LogP contribution in [-0.4, -0.2) is 32.7 Å². The van der Waals surface area contributed by atoms with Crippen LogP contribution in [0, 0.1) is 11.3 Å². The van der Waals surface area contributed by atoms with E-state index in [-0.39, 0.29) is 24.4 Å². The lowest BCUT2D eigenvalue weighted by molar-refractivity contribution is 0.00578. The van der Waals surface area contributed by atoms with Gasteiger partial charge in [-0.3, -0.25) is 0 Å². The first-order valence-electron chi connectivity index (χ1n) is 8.52. The third kappa shape index (κ3) is 5.75. The maximum atomic E-state index is 8.81. The number of hydrogen-bond donors (Lipinski definition) is 0. The lowest BCUT2D eigenvalue weighted by Gasteiger charge is -2.32. The van der Waals surface area contributed by atoms with Crippen molar-refractivity contribution in [2.75, 3.05) is 0 Å². The number of unbranched alkanes of at least 4 members (excludes halogenated alkanes) is 1. The molecule has 0 saturated carbocycles. The van der Waals surface area contributed by atoms with E-state index >= 15 is 0 Å². The quantitative estimate of drug-likeness (QED) is 0.510. The summed E-state index contributed by atoms with van der Waals surface area (Å²) in [6.45, 7) is 16.7. The third-order valence-electron chi connectivity index (χ3n) is 4.38. The molecule has 4 nitrogen and oxygen atoms in total. The molecular formula is C17H32BNO3Si. The maximum absolute atomic E-state index is 8.81. The second-order valence-corrected chi connectivity index (χ2v) is 11.8. The molecule has 1 saturated heterocycles.